The molecule has 4 nitrogen and oxygen atoms in total. The van der Waals surface area contributed by atoms with Gasteiger partial charge in [0.1, 0.15) is 0 Å². The standard InChI is InChI=1S/C22H26N2O2/c1-13-10-14(2)20(15(3)11-13)21-17(6-4-5-9-23)18-12-16(22(25)26)7-8-19(18)24-21/h7-8,10-12,24H,4-6,9,23H2,1-3H3,(H,25,26). The first-order valence-electron chi connectivity index (χ1n) is 9.08. The molecule has 3 aromatic rings. The van der Waals surface area contributed by atoms with Gasteiger partial charge < -0.3 is 15.8 Å². The fourth-order valence-electron chi connectivity index (χ4n) is 3.87. The van der Waals surface area contributed by atoms with Crippen molar-refractivity contribution >= 4 is 16.9 Å². The van der Waals surface area contributed by atoms with Gasteiger partial charge in [0, 0.05) is 16.5 Å². The molecule has 4 heteroatoms. The van der Waals surface area contributed by atoms with E-state index in [9.17, 15) is 9.90 Å². The van der Waals surface area contributed by atoms with E-state index >= 15 is 0 Å². The van der Waals surface area contributed by atoms with Crippen LogP contribution in [0.3, 0.4) is 0 Å². The fourth-order valence-corrected chi connectivity index (χ4v) is 3.87. The lowest BCUT2D eigenvalue weighted by atomic mass is 9.93. The third-order valence-corrected chi connectivity index (χ3v) is 4.96. The number of rotatable bonds is 6. The highest BCUT2D eigenvalue weighted by Gasteiger charge is 2.18. The highest BCUT2D eigenvalue weighted by Crippen LogP contribution is 2.36. The topological polar surface area (TPSA) is 79.1 Å². The fraction of sp³-hybridized carbons (Fsp3) is 0.318. The van der Waals surface area contributed by atoms with Crippen LogP contribution < -0.4 is 5.73 Å². The van der Waals surface area contributed by atoms with E-state index in [0.29, 0.717) is 12.1 Å². The van der Waals surface area contributed by atoms with Crippen LogP contribution in [0.5, 0.6) is 0 Å². The second-order valence-corrected chi connectivity index (χ2v) is 7.06. The van der Waals surface area contributed by atoms with Crippen molar-refractivity contribution in [1.82, 2.24) is 4.98 Å². The number of hydrogen-bond acceptors (Lipinski definition) is 2. The van der Waals surface area contributed by atoms with Crippen LogP contribution >= 0.6 is 0 Å². The number of benzene rings is 2. The molecule has 0 spiro atoms. The van der Waals surface area contributed by atoms with E-state index in [4.69, 9.17) is 5.73 Å². The van der Waals surface area contributed by atoms with E-state index in [1.807, 2.05) is 6.07 Å². The molecule has 3 rings (SSSR count). The highest BCUT2D eigenvalue weighted by molar-refractivity contribution is 5.98. The smallest absolute Gasteiger partial charge is 0.335 e. The number of nitrogens with one attached hydrogen (secondary N) is 1. The summed E-state index contributed by atoms with van der Waals surface area (Å²) in [5, 5.41) is 10.4. The lowest BCUT2D eigenvalue weighted by Gasteiger charge is -2.13. The Bertz CT molecular complexity index is 947. The van der Waals surface area contributed by atoms with Crippen molar-refractivity contribution in [2.24, 2.45) is 5.73 Å². The molecule has 136 valence electrons. The van der Waals surface area contributed by atoms with Crippen LogP contribution in [-0.4, -0.2) is 22.6 Å². The van der Waals surface area contributed by atoms with Crippen LogP contribution in [-0.2, 0) is 6.42 Å². The molecule has 0 saturated carbocycles. The SMILES string of the molecule is Cc1cc(C)c(-c2[nH]c3ccc(C(=O)O)cc3c2CCCCN)c(C)c1. The summed E-state index contributed by atoms with van der Waals surface area (Å²) < 4.78 is 0. The third kappa shape index (κ3) is 3.37. The summed E-state index contributed by atoms with van der Waals surface area (Å²) >= 11 is 0. The molecule has 26 heavy (non-hydrogen) atoms. The number of H-pyrrole nitrogens is 1. The maximum Gasteiger partial charge on any atom is 0.335 e. The van der Waals surface area contributed by atoms with Crippen molar-refractivity contribution in [3.63, 3.8) is 0 Å². The largest absolute Gasteiger partial charge is 0.478 e. The molecule has 0 amide bonds. The summed E-state index contributed by atoms with van der Waals surface area (Å²) in [5.41, 5.74) is 14.2. The summed E-state index contributed by atoms with van der Waals surface area (Å²) in [6.45, 7) is 7.04. The number of aromatic carboxylic acids is 1. The van der Waals surface area contributed by atoms with Crippen molar-refractivity contribution < 1.29 is 9.90 Å². The minimum atomic E-state index is -0.898. The molecule has 2 aromatic carbocycles. The Labute approximate surface area is 154 Å². The van der Waals surface area contributed by atoms with Crippen LogP contribution in [0.15, 0.2) is 30.3 Å². The number of carboxylic acids is 1. The zero-order valence-electron chi connectivity index (χ0n) is 15.6. The summed E-state index contributed by atoms with van der Waals surface area (Å²) in [7, 11) is 0. The van der Waals surface area contributed by atoms with Gasteiger partial charge in [-0.25, -0.2) is 4.79 Å². The molecule has 1 heterocycles. The molecule has 0 radical (unpaired) electrons. The predicted octanol–water partition coefficient (Wildman–Crippen LogP) is 4.74. The Morgan fingerprint density at radius 2 is 1.77 bits per heavy atom. The van der Waals surface area contributed by atoms with E-state index in [-0.39, 0.29) is 0 Å². The van der Waals surface area contributed by atoms with E-state index in [1.165, 1.54) is 27.8 Å². The Morgan fingerprint density at radius 1 is 1.08 bits per heavy atom. The Morgan fingerprint density at radius 3 is 2.38 bits per heavy atom. The summed E-state index contributed by atoms with van der Waals surface area (Å²) in [5.74, 6) is -0.898. The van der Waals surface area contributed by atoms with Crippen LogP contribution in [0.1, 0.15) is 45.5 Å². The predicted molar refractivity (Wildman–Crippen MR) is 107 cm³/mol. The second-order valence-electron chi connectivity index (χ2n) is 7.06. The Hall–Kier alpha value is -2.59. The number of unbranched alkanes of at least 4 members (excludes halogenated alkanes) is 1. The number of aryl methyl sites for hydroxylation is 4. The summed E-state index contributed by atoms with van der Waals surface area (Å²) in [6.07, 6.45) is 2.82. The van der Waals surface area contributed by atoms with Gasteiger partial charge in [-0.05, 0) is 81.5 Å². The van der Waals surface area contributed by atoms with Gasteiger partial charge >= 0.3 is 5.97 Å². The molecular weight excluding hydrogens is 324 g/mol. The van der Waals surface area contributed by atoms with Crippen molar-refractivity contribution in [1.29, 1.82) is 0 Å². The molecule has 0 bridgehead atoms. The van der Waals surface area contributed by atoms with Crippen molar-refractivity contribution in [2.75, 3.05) is 6.54 Å². The maximum atomic E-state index is 11.4. The number of carbonyl (C=O) groups is 1. The first kappa shape index (κ1) is 18.2. The number of aromatic amines is 1. The first-order chi connectivity index (χ1) is 12.4. The van der Waals surface area contributed by atoms with E-state index in [2.05, 4.69) is 37.9 Å². The van der Waals surface area contributed by atoms with Gasteiger partial charge in [0.25, 0.3) is 0 Å². The average molecular weight is 350 g/mol. The monoisotopic (exact) mass is 350 g/mol. The van der Waals surface area contributed by atoms with Crippen molar-refractivity contribution in [3.8, 4) is 11.3 Å². The lowest BCUT2D eigenvalue weighted by Crippen LogP contribution is -2.00. The molecule has 0 unspecified atom stereocenters. The molecule has 4 N–H and O–H groups in total. The van der Waals surface area contributed by atoms with Gasteiger partial charge in [-0.2, -0.15) is 0 Å². The quantitative estimate of drug-likeness (QED) is 0.562. The first-order valence-corrected chi connectivity index (χ1v) is 9.08. The Balaban J connectivity index is 2.24. The molecule has 0 fully saturated rings. The molecule has 0 aliphatic heterocycles. The van der Waals surface area contributed by atoms with Crippen molar-refractivity contribution in [3.05, 3.63) is 58.1 Å². The summed E-state index contributed by atoms with van der Waals surface area (Å²) in [4.78, 5) is 15.0. The number of carboxylic acid groups (broad SMARTS) is 1. The third-order valence-electron chi connectivity index (χ3n) is 4.96. The molecule has 1 aromatic heterocycles. The van der Waals surface area contributed by atoms with Gasteiger partial charge in [0.2, 0.25) is 0 Å². The minimum absolute atomic E-state index is 0.320. The number of fused-ring (bicyclic) bond motifs is 1. The lowest BCUT2D eigenvalue weighted by molar-refractivity contribution is 0.0697. The number of nitrogens with two attached hydrogens (primary N) is 1. The minimum Gasteiger partial charge on any atom is -0.478 e. The Kier molecular flexibility index (Phi) is 5.14. The van der Waals surface area contributed by atoms with Gasteiger partial charge in [0.15, 0.2) is 0 Å². The van der Waals surface area contributed by atoms with Crippen LogP contribution in [0.25, 0.3) is 22.2 Å². The highest BCUT2D eigenvalue weighted by atomic mass is 16.4. The zero-order valence-corrected chi connectivity index (χ0v) is 15.6. The molecule has 0 aliphatic rings. The van der Waals surface area contributed by atoms with Gasteiger partial charge in [-0.15, -0.1) is 0 Å². The summed E-state index contributed by atoms with van der Waals surface area (Å²) in [6, 6.07) is 9.70. The molecule has 0 atom stereocenters. The van der Waals surface area contributed by atoms with E-state index in [0.717, 1.165) is 35.9 Å². The normalized spacial score (nSPS) is 11.2. The zero-order chi connectivity index (χ0) is 18.8. The molecule has 0 saturated heterocycles. The van der Waals surface area contributed by atoms with Gasteiger partial charge in [0.05, 0.1) is 11.3 Å². The average Bonchev–Trinajstić information content (AvgIpc) is 2.91. The van der Waals surface area contributed by atoms with Crippen molar-refractivity contribution in [2.45, 2.75) is 40.0 Å². The van der Waals surface area contributed by atoms with Crippen LogP contribution in [0.4, 0.5) is 0 Å². The van der Waals surface area contributed by atoms with E-state index in [1.54, 1.807) is 12.1 Å². The van der Waals surface area contributed by atoms with Crippen LogP contribution in [0.2, 0.25) is 0 Å². The maximum absolute atomic E-state index is 11.4. The van der Waals surface area contributed by atoms with Gasteiger partial charge in [-0.1, -0.05) is 17.7 Å². The second kappa shape index (κ2) is 7.34. The van der Waals surface area contributed by atoms with Gasteiger partial charge in [-0.3, -0.25) is 0 Å². The molecule has 0 aliphatic carbocycles. The molecular formula is C22H26N2O2. The van der Waals surface area contributed by atoms with Crippen LogP contribution in [0, 0.1) is 20.8 Å². The van der Waals surface area contributed by atoms with E-state index < -0.39 is 5.97 Å². The number of hydrogen-bond donors (Lipinski definition) is 3. The number of aromatic nitrogens is 1.